The van der Waals surface area contributed by atoms with E-state index in [1.807, 2.05) is 0 Å². The van der Waals surface area contributed by atoms with Gasteiger partial charge in [0.25, 0.3) is 0 Å². The van der Waals surface area contributed by atoms with Gasteiger partial charge in [-0.3, -0.25) is 0 Å². The van der Waals surface area contributed by atoms with E-state index in [9.17, 15) is 0 Å². The third-order valence-corrected chi connectivity index (χ3v) is 4.17. The van der Waals surface area contributed by atoms with Gasteiger partial charge in [0.1, 0.15) is 0 Å². The molecule has 0 aliphatic carbocycles. The van der Waals surface area contributed by atoms with Gasteiger partial charge in [0.2, 0.25) is 0 Å². The largest absolute Gasteiger partial charge is 0.365 e. The Kier molecular flexibility index (Phi) is 5.34. The summed E-state index contributed by atoms with van der Waals surface area (Å²) in [6, 6.07) is 17.3. The first-order chi connectivity index (χ1) is 9.65. The fraction of sp³-hybridized carbons (Fsp3) is 0.333. The first kappa shape index (κ1) is 15.2. The van der Waals surface area contributed by atoms with Crippen LogP contribution in [0.4, 0.5) is 0 Å². The first-order valence-corrected chi connectivity index (χ1v) is 7.55. The molecule has 20 heavy (non-hydrogen) atoms. The lowest BCUT2D eigenvalue weighted by molar-refractivity contribution is 0.282. The fourth-order valence-electron chi connectivity index (χ4n) is 2.90. The minimum atomic E-state index is 0.373. The van der Waals surface area contributed by atoms with Crippen LogP contribution in [-0.4, -0.2) is 6.61 Å². The van der Waals surface area contributed by atoms with Gasteiger partial charge >= 0.3 is 0 Å². The smallest absolute Gasteiger partial charge is 0.0536 e. The van der Waals surface area contributed by atoms with Crippen molar-refractivity contribution in [3.8, 4) is 0 Å². The highest BCUT2D eigenvalue weighted by Gasteiger charge is 2.23. The molecule has 0 spiro atoms. The molecule has 2 rings (SSSR count). The molecule has 0 heterocycles. The summed E-state index contributed by atoms with van der Waals surface area (Å²) in [5.41, 5.74) is 5.49. The molecule has 0 aliphatic rings. The van der Waals surface area contributed by atoms with E-state index in [0.29, 0.717) is 11.8 Å². The summed E-state index contributed by atoms with van der Waals surface area (Å²) < 4.78 is 5.32. The maximum absolute atomic E-state index is 5.32. The van der Waals surface area contributed by atoms with Crippen LogP contribution in [0, 0.1) is 19.8 Å². The quantitative estimate of drug-likeness (QED) is 0.712. The van der Waals surface area contributed by atoms with Crippen molar-refractivity contribution in [2.45, 2.75) is 26.7 Å². The molecule has 0 aromatic heterocycles. The van der Waals surface area contributed by atoms with Gasteiger partial charge in [-0.25, -0.2) is 0 Å². The highest BCUT2D eigenvalue weighted by molar-refractivity contribution is 7.09. The van der Waals surface area contributed by atoms with Gasteiger partial charge in [0, 0.05) is 15.4 Å². The Bertz CT molecular complexity index is 519. The lowest BCUT2D eigenvalue weighted by Crippen LogP contribution is -2.17. The van der Waals surface area contributed by atoms with Crippen LogP contribution in [0.15, 0.2) is 48.5 Å². The second-order valence-corrected chi connectivity index (χ2v) is 5.83. The zero-order chi connectivity index (χ0) is 14.5. The van der Waals surface area contributed by atoms with E-state index >= 15 is 0 Å². The third-order valence-electron chi connectivity index (χ3n) is 3.98. The average molecular weight is 286 g/mol. The van der Waals surface area contributed by atoms with E-state index in [4.69, 9.17) is 4.52 Å². The molecule has 0 bridgehead atoms. The maximum Gasteiger partial charge on any atom is 0.0536 e. The van der Waals surface area contributed by atoms with Crippen LogP contribution < -0.4 is 0 Å². The fourth-order valence-corrected chi connectivity index (χ4v) is 3.20. The van der Waals surface area contributed by atoms with Crippen molar-refractivity contribution in [3.63, 3.8) is 0 Å². The highest BCUT2D eigenvalue weighted by Crippen LogP contribution is 2.35. The van der Waals surface area contributed by atoms with Gasteiger partial charge in [-0.2, -0.15) is 0 Å². The molecule has 2 aromatic carbocycles. The topological polar surface area (TPSA) is 9.23 Å². The van der Waals surface area contributed by atoms with Crippen molar-refractivity contribution in [2.24, 2.45) is 5.92 Å². The SMILES string of the molecule is Cc1ccccc1C(c1ccccc1C)C(C)COP. The standard InChI is InChI=1S/C18H23OP/c1-13-8-4-6-10-16(13)18(15(3)12-19-20)17-11-7-5-9-14(17)2/h4-11,15,18H,12,20H2,1-3H3. The zero-order valence-corrected chi connectivity index (χ0v) is 13.6. The minimum absolute atomic E-state index is 0.373. The number of hydrogen-bond acceptors (Lipinski definition) is 1. The summed E-state index contributed by atoms with van der Waals surface area (Å²) in [6.45, 7) is 7.37. The lowest BCUT2D eigenvalue weighted by Gasteiger charge is -2.27. The molecule has 0 N–H and O–H groups in total. The van der Waals surface area contributed by atoms with E-state index in [1.165, 1.54) is 22.3 Å². The van der Waals surface area contributed by atoms with Crippen molar-refractivity contribution in [1.29, 1.82) is 0 Å². The second-order valence-electron chi connectivity index (χ2n) is 5.50. The minimum Gasteiger partial charge on any atom is -0.365 e. The zero-order valence-electron chi connectivity index (χ0n) is 12.5. The van der Waals surface area contributed by atoms with Gasteiger partial charge in [-0.15, -0.1) is 0 Å². The van der Waals surface area contributed by atoms with E-state index in [-0.39, 0.29) is 0 Å². The molecule has 2 unspecified atom stereocenters. The van der Waals surface area contributed by atoms with Gasteiger partial charge < -0.3 is 4.52 Å². The van der Waals surface area contributed by atoms with Crippen LogP contribution in [0.1, 0.15) is 35.1 Å². The van der Waals surface area contributed by atoms with Crippen molar-refractivity contribution in [1.82, 2.24) is 0 Å². The summed E-state index contributed by atoms with van der Waals surface area (Å²) in [7, 11) is 2.37. The van der Waals surface area contributed by atoms with Crippen LogP contribution in [0.25, 0.3) is 0 Å². The molecule has 2 atom stereocenters. The predicted octanol–water partition coefficient (Wildman–Crippen LogP) is 4.88. The Morgan fingerprint density at radius 1 is 0.900 bits per heavy atom. The Balaban J connectivity index is 2.51. The van der Waals surface area contributed by atoms with E-state index < -0.39 is 0 Å². The molecular weight excluding hydrogens is 263 g/mol. The van der Waals surface area contributed by atoms with E-state index in [0.717, 1.165) is 6.61 Å². The molecule has 106 valence electrons. The van der Waals surface area contributed by atoms with Crippen LogP contribution in [0.3, 0.4) is 0 Å². The molecular formula is C18H23OP. The maximum atomic E-state index is 5.32. The summed E-state index contributed by atoms with van der Waals surface area (Å²) in [5.74, 6) is 0.799. The van der Waals surface area contributed by atoms with Gasteiger partial charge in [0.15, 0.2) is 0 Å². The average Bonchev–Trinajstić information content (AvgIpc) is 2.43. The summed E-state index contributed by atoms with van der Waals surface area (Å²) in [4.78, 5) is 0. The molecule has 0 saturated carbocycles. The van der Waals surface area contributed by atoms with Gasteiger partial charge in [0.05, 0.1) is 6.61 Å². The van der Waals surface area contributed by atoms with Crippen molar-refractivity contribution in [2.75, 3.05) is 6.61 Å². The second kappa shape index (κ2) is 7.02. The number of aryl methyl sites for hydroxylation is 2. The van der Waals surface area contributed by atoms with E-state index in [1.54, 1.807) is 0 Å². The van der Waals surface area contributed by atoms with Crippen LogP contribution >= 0.6 is 9.47 Å². The van der Waals surface area contributed by atoms with Crippen molar-refractivity contribution in [3.05, 3.63) is 70.8 Å². The molecule has 0 saturated heterocycles. The van der Waals surface area contributed by atoms with Crippen LogP contribution in [0.5, 0.6) is 0 Å². The molecule has 0 fully saturated rings. The van der Waals surface area contributed by atoms with Crippen molar-refractivity contribution < 1.29 is 4.52 Å². The summed E-state index contributed by atoms with van der Waals surface area (Å²) >= 11 is 0. The molecule has 0 radical (unpaired) electrons. The summed E-state index contributed by atoms with van der Waals surface area (Å²) in [5, 5.41) is 0. The Labute approximate surface area is 124 Å². The van der Waals surface area contributed by atoms with Crippen molar-refractivity contribution >= 4 is 9.47 Å². The molecule has 0 amide bonds. The molecule has 2 aromatic rings. The molecule has 1 nitrogen and oxygen atoms in total. The lowest BCUT2D eigenvalue weighted by atomic mass is 9.79. The monoisotopic (exact) mass is 286 g/mol. The summed E-state index contributed by atoms with van der Waals surface area (Å²) in [6.07, 6.45) is 0. The first-order valence-electron chi connectivity index (χ1n) is 7.08. The van der Waals surface area contributed by atoms with Gasteiger partial charge in [-0.05, 0) is 42.0 Å². The Morgan fingerprint density at radius 2 is 1.35 bits per heavy atom. The Morgan fingerprint density at radius 3 is 1.75 bits per heavy atom. The molecule has 2 heteroatoms. The number of benzene rings is 2. The molecule has 0 aliphatic heterocycles. The highest BCUT2D eigenvalue weighted by atomic mass is 31.0. The normalized spacial score (nSPS) is 12.7. The Hall–Kier alpha value is -1.17. The number of rotatable bonds is 5. The van der Waals surface area contributed by atoms with E-state index in [2.05, 4.69) is 78.8 Å². The number of hydrogen-bond donors (Lipinski definition) is 0. The van der Waals surface area contributed by atoms with Gasteiger partial charge in [-0.1, -0.05) is 55.5 Å². The van der Waals surface area contributed by atoms with Crippen LogP contribution in [0.2, 0.25) is 0 Å². The van der Waals surface area contributed by atoms with Crippen LogP contribution in [-0.2, 0) is 4.52 Å². The predicted molar refractivity (Wildman–Crippen MR) is 89.0 cm³/mol. The third kappa shape index (κ3) is 3.29.